The fourth-order valence-corrected chi connectivity index (χ4v) is 4.16. The van der Waals surface area contributed by atoms with Crippen LogP contribution in [0.25, 0.3) is 22.5 Å². The van der Waals surface area contributed by atoms with Gasteiger partial charge in [-0.3, -0.25) is 9.78 Å². The molecule has 1 amide bonds. The van der Waals surface area contributed by atoms with Crippen molar-refractivity contribution in [3.05, 3.63) is 60.1 Å². The minimum absolute atomic E-state index is 0.133. The number of aromatic nitrogens is 3. The van der Waals surface area contributed by atoms with E-state index < -0.39 is 0 Å². The van der Waals surface area contributed by atoms with Crippen LogP contribution in [0.3, 0.4) is 0 Å². The molecule has 7 heteroatoms. The second-order valence-corrected chi connectivity index (χ2v) is 8.27. The summed E-state index contributed by atoms with van der Waals surface area (Å²) in [5.74, 6) is 0.133. The first-order valence-electron chi connectivity index (χ1n) is 9.88. The first-order chi connectivity index (χ1) is 14.1. The molecule has 1 saturated heterocycles. The Balaban J connectivity index is 1.48. The summed E-state index contributed by atoms with van der Waals surface area (Å²) in [4.78, 5) is 23.8. The van der Waals surface area contributed by atoms with E-state index in [4.69, 9.17) is 11.6 Å². The number of benzene rings is 1. The molecular formula is C22H22ClN5O. The number of piperazine rings is 1. The van der Waals surface area contributed by atoms with E-state index in [2.05, 4.69) is 15.3 Å². The van der Waals surface area contributed by atoms with E-state index in [9.17, 15) is 4.79 Å². The lowest BCUT2D eigenvalue weighted by Gasteiger charge is -2.34. The molecule has 1 saturated carbocycles. The predicted molar refractivity (Wildman–Crippen MR) is 112 cm³/mol. The van der Waals surface area contributed by atoms with Gasteiger partial charge in [0, 0.05) is 53.7 Å². The van der Waals surface area contributed by atoms with Gasteiger partial charge in [0.2, 0.25) is 5.91 Å². The largest absolute Gasteiger partial charge is 0.338 e. The second-order valence-electron chi connectivity index (χ2n) is 7.83. The molecule has 0 bridgehead atoms. The number of hydrogen-bond acceptors (Lipinski definition) is 4. The number of hydrogen-bond donors (Lipinski definition) is 1. The molecule has 1 aliphatic heterocycles. The van der Waals surface area contributed by atoms with E-state index in [0.717, 1.165) is 55.0 Å². The van der Waals surface area contributed by atoms with Crippen LogP contribution in [-0.2, 0) is 11.3 Å². The van der Waals surface area contributed by atoms with Crippen molar-refractivity contribution in [3.8, 4) is 22.5 Å². The number of nitrogens with one attached hydrogen (secondary N) is 1. The fraction of sp³-hybridized carbons (Fsp3) is 0.318. The quantitative estimate of drug-likeness (QED) is 0.721. The van der Waals surface area contributed by atoms with Crippen molar-refractivity contribution in [1.29, 1.82) is 0 Å². The predicted octanol–water partition coefficient (Wildman–Crippen LogP) is 3.23. The smallest absolute Gasteiger partial charge is 0.242 e. The van der Waals surface area contributed by atoms with E-state index in [1.165, 1.54) is 0 Å². The molecule has 0 atom stereocenters. The van der Waals surface area contributed by atoms with Crippen molar-refractivity contribution in [3.63, 3.8) is 0 Å². The molecule has 1 aromatic carbocycles. The van der Waals surface area contributed by atoms with Crippen molar-refractivity contribution >= 4 is 17.5 Å². The van der Waals surface area contributed by atoms with Crippen molar-refractivity contribution in [2.24, 2.45) is 0 Å². The van der Waals surface area contributed by atoms with Crippen molar-refractivity contribution in [1.82, 2.24) is 24.8 Å². The molecular weight excluding hydrogens is 386 g/mol. The van der Waals surface area contributed by atoms with E-state index in [1.807, 2.05) is 45.9 Å². The zero-order valence-electron chi connectivity index (χ0n) is 16.0. The van der Waals surface area contributed by atoms with Gasteiger partial charge in [0.05, 0.1) is 17.7 Å². The number of nitrogens with zero attached hydrogens (tertiary/aromatic N) is 4. The standard InChI is InChI=1S/C22H22ClN5O/c23-18-3-1-16(2-4-18)20-21(17-5-9-24-10-6-17)28(15-25-20)13-19(29)27-12-11-26-22(14-27)7-8-22/h1-6,9-10,15,26H,7-8,11-14H2. The Bertz CT molecular complexity index is 1030. The highest BCUT2D eigenvalue weighted by atomic mass is 35.5. The Hall–Kier alpha value is -2.70. The fourth-order valence-electron chi connectivity index (χ4n) is 4.03. The zero-order valence-corrected chi connectivity index (χ0v) is 16.8. The van der Waals surface area contributed by atoms with E-state index in [-0.39, 0.29) is 18.0 Å². The highest BCUT2D eigenvalue weighted by Gasteiger charge is 2.46. The number of pyridine rings is 1. The summed E-state index contributed by atoms with van der Waals surface area (Å²) in [5, 5.41) is 4.24. The lowest BCUT2D eigenvalue weighted by molar-refractivity contribution is -0.133. The van der Waals surface area contributed by atoms with Crippen molar-refractivity contribution in [2.75, 3.05) is 19.6 Å². The summed E-state index contributed by atoms with van der Waals surface area (Å²) in [5.41, 5.74) is 3.87. The van der Waals surface area contributed by atoms with E-state index in [1.54, 1.807) is 18.7 Å². The molecule has 0 radical (unpaired) electrons. The molecule has 1 N–H and O–H groups in total. The monoisotopic (exact) mass is 407 g/mol. The molecule has 148 valence electrons. The van der Waals surface area contributed by atoms with Gasteiger partial charge in [-0.25, -0.2) is 4.98 Å². The average Bonchev–Trinajstić information content (AvgIpc) is 3.35. The third-order valence-corrected chi connectivity index (χ3v) is 6.05. The van der Waals surface area contributed by atoms with Crippen molar-refractivity contribution in [2.45, 2.75) is 24.9 Å². The molecule has 29 heavy (non-hydrogen) atoms. The van der Waals surface area contributed by atoms with Crippen molar-refractivity contribution < 1.29 is 4.79 Å². The van der Waals surface area contributed by atoms with Gasteiger partial charge in [-0.2, -0.15) is 0 Å². The molecule has 0 unspecified atom stereocenters. The van der Waals surface area contributed by atoms with Gasteiger partial charge in [0.1, 0.15) is 6.54 Å². The summed E-state index contributed by atoms with van der Waals surface area (Å²) in [6.07, 6.45) is 7.59. The summed E-state index contributed by atoms with van der Waals surface area (Å²) < 4.78 is 1.95. The minimum atomic E-state index is 0.133. The van der Waals surface area contributed by atoms with E-state index in [0.29, 0.717) is 5.02 Å². The van der Waals surface area contributed by atoms with Gasteiger partial charge >= 0.3 is 0 Å². The summed E-state index contributed by atoms with van der Waals surface area (Å²) in [6.45, 7) is 2.69. The molecule has 3 heterocycles. The summed E-state index contributed by atoms with van der Waals surface area (Å²) in [6, 6.07) is 11.5. The van der Waals surface area contributed by atoms with Crippen LogP contribution in [0.4, 0.5) is 0 Å². The lowest BCUT2D eigenvalue weighted by atomic mass is 10.1. The van der Waals surface area contributed by atoms with Gasteiger partial charge < -0.3 is 14.8 Å². The molecule has 3 aromatic rings. The number of amides is 1. The average molecular weight is 408 g/mol. The second kappa shape index (κ2) is 7.28. The molecule has 2 aliphatic rings. The maximum Gasteiger partial charge on any atom is 0.242 e. The van der Waals surface area contributed by atoms with Crippen LogP contribution in [0.5, 0.6) is 0 Å². The van der Waals surface area contributed by atoms with Crippen LogP contribution in [0.2, 0.25) is 5.02 Å². The first kappa shape index (κ1) is 18.3. The van der Waals surface area contributed by atoms with Crippen LogP contribution in [0, 0.1) is 0 Å². The number of halogens is 1. The number of rotatable bonds is 4. The number of imidazole rings is 1. The molecule has 1 spiro atoms. The van der Waals surface area contributed by atoms with Gasteiger partial charge in [-0.05, 0) is 37.1 Å². The number of carbonyl (C=O) groups is 1. The molecule has 2 aromatic heterocycles. The van der Waals surface area contributed by atoms with Crippen LogP contribution in [0.15, 0.2) is 55.1 Å². The van der Waals surface area contributed by atoms with Crippen LogP contribution in [-0.4, -0.2) is 50.5 Å². The lowest BCUT2D eigenvalue weighted by Crippen LogP contribution is -2.54. The van der Waals surface area contributed by atoms with Gasteiger partial charge in [-0.1, -0.05) is 23.7 Å². The van der Waals surface area contributed by atoms with Crippen LogP contribution < -0.4 is 5.32 Å². The van der Waals surface area contributed by atoms with Crippen LogP contribution >= 0.6 is 11.6 Å². The first-order valence-corrected chi connectivity index (χ1v) is 10.3. The molecule has 2 fully saturated rings. The SMILES string of the molecule is O=C(Cn1cnc(-c2ccc(Cl)cc2)c1-c1ccncc1)N1CCNC2(CC2)C1. The molecule has 6 nitrogen and oxygen atoms in total. The summed E-state index contributed by atoms with van der Waals surface area (Å²) >= 11 is 6.05. The van der Waals surface area contributed by atoms with Gasteiger partial charge in [0.15, 0.2) is 0 Å². The summed E-state index contributed by atoms with van der Waals surface area (Å²) in [7, 11) is 0. The Kier molecular flexibility index (Phi) is 4.60. The highest BCUT2D eigenvalue weighted by molar-refractivity contribution is 6.30. The third-order valence-electron chi connectivity index (χ3n) is 5.80. The van der Waals surface area contributed by atoms with Gasteiger partial charge in [0.25, 0.3) is 0 Å². The Morgan fingerprint density at radius 3 is 2.59 bits per heavy atom. The molecule has 1 aliphatic carbocycles. The zero-order chi connectivity index (χ0) is 19.8. The highest BCUT2D eigenvalue weighted by Crippen LogP contribution is 2.37. The third kappa shape index (κ3) is 3.66. The maximum atomic E-state index is 13.1. The maximum absolute atomic E-state index is 13.1. The normalized spacial score (nSPS) is 17.5. The van der Waals surface area contributed by atoms with E-state index >= 15 is 0 Å². The topological polar surface area (TPSA) is 63.1 Å². The Morgan fingerprint density at radius 2 is 1.86 bits per heavy atom. The molecule has 5 rings (SSSR count). The van der Waals surface area contributed by atoms with Gasteiger partial charge in [-0.15, -0.1) is 0 Å². The minimum Gasteiger partial charge on any atom is -0.338 e. The van der Waals surface area contributed by atoms with Crippen LogP contribution in [0.1, 0.15) is 12.8 Å². The Labute approximate surface area is 174 Å². The number of carbonyl (C=O) groups excluding carboxylic acids is 1. The Morgan fingerprint density at radius 1 is 1.10 bits per heavy atom.